The van der Waals surface area contributed by atoms with E-state index >= 15 is 0 Å². The molecule has 2 rings (SSSR count). The molecule has 1 saturated heterocycles. The Balaban J connectivity index is 1.91. The minimum absolute atomic E-state index is 0.435. The molecular weight excluding hydrogens is 236 g/mol. The number of likely N-dealkylation sites (N-methyl/N-ethyl adjacent to an activating group) is 2. The second-order valence-corrected chi connectivity index (χ2v) is 7.13. The Morgan fingerprint density at radius 1 is 1.21 bits per heavy atom. The van der Waals surface area contributed by atoms with E-state index in [1.54, 1.807) is 0 Å². The summed E-state index contributed by atoms with van der Waals surface area (Å²) < 4.78 is 5.47. The summed E-state index contributed by atoms with van der Waals surface area (Å²) in [4.78, 5) is 2.62. The first-order valence-electron chi connectivity index (χ1n) is 8.06. The summed E-state index contributed by atoms with van der Waals surface area (Å²) in [5.41, 5.74) is 0.435. The molecule has 2 atom stereocenters. The quantitative estimate of drug-likeness (QED) is 0.829. The molecule has 3 nitrogen and oxygen atoms in total. The van der Waals surface area contributed by atoms with Gasteiger partial charge in [0.15, 0.2) is 0 Å². The van der Waals surface area contributed by atoms with Gasteiger partial charge in [-0.05, 0) is 50.6 Å². The standard InChI is InChI=1S/C16H32N2O/c1-5-17-15-14(6-9-16(15,2)3)18(4)12-13-7-10-19-11-8-13/h13-15,17H,5-12H2,1-4H3. The lowest BCUT2D eigenvalue weighted by Gasteiger charge is -2.38. The highest BCUT2D eigenvalue weighted by atomic mass is 16.5. The third kappa shape index (κ3) is 3.71. The minimum Gasteiger partial charge on any atom is -0.381 e. The smallest absolute Gasteiger partial charge is 0.0469 e. The molecule has 2 aliphatic rings. The molecule has 0 bridgehead atoms. The summed E-state index contributed by atoms with van der Waals surface area (Å²) in [5, 5.41) is 3.74. The lowest BCUT2D eigenvalue weighted by atomic mass is 9.86. The predicted molar refractivity (Wildman–Crippen MR) is 80.4 cm³/mol. The zero-order chi connectivity index (χ0) is 13.9. The minimum atomic E-state index is 0.435. The lowest BCUT2D eigenvalue weighted by Crippen LogP contribution is -2.51. The van der Waals surface area contributed by atoms with Gasteiger partial charge in [-0.3, -0.25) is 0 Å². The Morgan fingerprint density at radius 2 is 1.89 bits per heavy atom. The van der Waals surface area contributed by atoms with E-state index in [-0.39, 0.29) is 0 Å². The van der Waals surface area contributed by atoms with Crippen LogP contribution in [0.4, 0.5) is 0 Å². The number of hydrogen-bond donors (Lipinski definition) is 1. The van der Waals surface area contributed by atoms with Crippen molar-refractivity contribution < 1.29 is 4.74 Å². The highest BCUT2D eigenvalue weighted by Crippen LogP contribution is 2.39. The van der Waals surface area contributed by atoms with E-state index in [9.17, 15) is 0 Å². The van der Waals surface area contributed by atoms with Gasteiger partial charge in [0.2, 0.25) is 0 Å². The summed E-state index contributed by atoms with van der Waals surface area (Å²) in [7, 11) is 2.33. The molecule has 1 N–H and O–H groups in total. The molecule has 1 aliphatic heterocycles. The van der Waals surface area contributed by atoms with Crippen LogP contribution < -0.4 is 5.32 Å². The van der Waals surface area contributed by atoms with Crippen molar-refractivity contribution in [2.24, 2.45) is 11.3 Å². The molecule has 0 spiro atoms. The first-order chi connectivity index (χ1) is 9.04. The van der Waals surface area contributed by atoms with Gasteiger partial charge in [0.25, 0.3) is 0 Å². The van der Waals surface area contributed by atoms with Gasteiger partial charge in [-0.15, -0.1) is 0 Å². The molecule has 3 heteroatoms. The maximum absolute atomic E-state index is 5.47. The van der Waals surface area contributed by atoms with E-state index in [1.165, 1.54) is 32.2 Å². The molecule has 19 heavy (non-hydrogen) atoms. The van der Waals surface area contributed by atoms with Crippen molar-refractivity contribution in [1.29, 1.82) is 0 Å². The van der Waals surface area contributed by atoms with Crippen molar-refractivity contribution in [3.63, 3.8) is 0 Å². The fourth-order valence-electron chi connectivity index (χ4n) is 3.94. The van der Waals surface area contributed by atoms with E-state index in [1.807, 2.05) is 0 Å². The summed E-state index contributed by atoms with van der Waals surface area (Å²) >= 11 is 0. The van der Waals surface area contributed by atoms with Crippen LogP contribution in [-0.2, 0) is 4.74 Å². The van der Waals surface area contributed by atoms with Crippen molar-refractivity contribution in [2.75, 3.05) is 33.4 Å². The molecule has 0 aromatic rings. The summed E-state index contributed by atoms with van der Waals surface area (Å²) in [6, 6.07) is 1.35. The van der Waals surface area contributed by atoms with E-state index in [2.05, 4.69) is 38.0 Å². The fourth-order valence-corrected chi connectivity index (χ4v) is 3.94. The van der Waals surface area contributed by atoms with Crippen LogP contribution in [0, 0.1) is 11.3 Å². The average Bonchev–Trinajstić information content (AvgIpc) is 2.67. The second-order valence-electron chi connectivity index (χ2n) is 7.13. The molecular formula is C16H32N2O. The van der Waals surface area contributed by atoms with Gasteiger partial charge in [-0.2, -0.15) is 0 Å². The topological polar surface area (TPSA) is 24.5 Å². The molecule has 2 unspecified atom stereocenters. The summed E-state index contributed by atoms with van der Waals surface area (Å²) in [5.74, 6) is 0.838. The van der Waals surface area contributed by atoms with Gasteiger partial charge in [0.1, 0.15) is 0 Å². The Hall–Kier alpha value is -0.120. The van der Waals surface area contributed by atoms with Crippen molar-refractivity contribution in [2.45, 2.75) is 58.5 Å². The third-order valence-corrected chi connectivity index (χ3v) is 5.19. The Bertz CT molecular complexity index is 274. The van der Waals surface area contributed by atoms with Crippen LogP contribution in [0.2, 0.25) is 0 Å². The van der Waals surface area contributed by atoms with Crippen LogP contribution in [0.15, 0.2) is 0 Å². The van der Waals surface area contributed by atoms with E-state index in [0.29, 0.717) is 17.5 Å². The van der Waals surface area contributed by atoms with Crippen LogP contribution in [0.25, 0.3) is 0 Å². The molecule has 1 heterocycles. The number of rotatable bonds is 5. The summed E-state index contributed by atoms with van der Waals surface area (Å²) in [6.07, 6.45) is 5.16. The maximum Gasteiger partial charge on any atom is 0.0469 e. The second kappa shape index (κ2) is 6.55. The van der Waals surface area contributed by atoms with Gasteiger partial charge in [0, 0.05) is 31.8 Å². The maximum atomic E-state index is 5.47. The highest BCUT2D eigenvalue weighted by molar-refractivity contribution is 5.00. The van der Waals surface area contributed by atoms with E-state index in [4.69, 9.17) is 4.74 Å². The highest BCUT2D eigenvalue weighted by Gasteiger charge is 2.43. The normalized spacial score (nSPS) is 32.1. The van der Waals surface area contributed by atoms with Gasteiger partial charge in [-0.1, -0.05) is 20.8 Å². The molecule has 0 aromatic heterocycles. The average molecular weight is 268 g/mol. The van der Waals surface area contributed by atoms with Crippen LogP contribution >= 0.6 is 0 Å². The molecule has 0 amide bonds. The Labute approximate surface area is 119 Å². The predicted octanol–water partition coefficient (Wildman–Crippen LogP) is 2.51. The van der Waals surface area contributed by atoms with Crippen LogP contribution in [0.1, 0.15) is 46.5 Å². The third-order valence-electron chi connectivity index (χ3n) is 5.19. The van der Waals surface area contributed by atoms with Gasteiger partial charge in [-0.25, -0.2) is 0 Å². The molecule has 1 saturated carbocycles. The number of ether oxygens (including phenoxy) is 1. The summed E-state index contributed by atoms with van der Waals surface area (Å²) in [6.45, 7) is 11.3. The van der Waals surface area contributed by atoms with Crippen LogP contribution in [0.5, 0.6) is 0 Å². The van der Waals surface area contributed by atoms with Gasteiger partial charge in [0.05, 0.1) is 0 Å². The number of nitrogens with zero attached hydrogens (tertiary/aromatic N) is 1. The SMILES string of the molecule is CCNC1C(N(C)CC2CCOCC2)CCC1(C)C. The molecule has 0 aromatic carbocycles. The van der Waals surface area contributed by atoms with E-state index in [0.717, 1.165) is 25.7 Å². The lowest BCUT2D eigenvalue weighted by molar-refractivity contribution is 0.0470. The molecule has 0 radical (unpaired) electrons. The molecule has 2 fully saturated rings. The number of hydrogen-bond acceptors (Lipinski definition) is 3. The zero-order valence-electron chi connectivity index (χ0n) is 13.2. The van der Waals surface area contributed by atoms with E-state index < -0.39 is 0 Å². The van der Waals surface area contributed by atoms with Crippen molar-refractivity contribution >= 4 is 0 Å². The Kier molecular flexibility index (Phi) is 5.27. The molecule has 1 aliphatic carbocycles. The molecule has 112 valence electrons. The van der Waals surface area contributed by atoms with Crippen LogP contribution in [-0.4, -0.2) is 50.3 Å². The first-order valence-corrected chi connectivity index (χ1v) is 8.06. The largest absolute Gasteiger partial charge is 0.381 e. The zero-order valence-corrected chi connectivity index (χ0v) is 13.2. The van der Waals surface area contributed by atoms with Crippen molar-refractivity contribution in [1.82, 2.24) is 10.2 Å². The van der Waals surface area contributed by atoms with Crippen molar-refractivity contribution in [3.05, 3.63) is 0 Å². The van der Waals surface area contributed by atoms with Gasteiger partial charge < -0.3 is 15.0 Å². The number of nitrogens with one attached hydrogen (secondary N) is 1. The van der Waals surface area contributed by atoms with Crippen LogP contribution in [0.3, 0.4) is 0 Å². The fraction of sp³-hybridized carbons (Fsp3) is 1.00. The first kappa shape index (κ1) is 15.3. The van der Waals surface area contributed by atoms with Gasteiger partial charge >= 0.3 is 0 Å². The van der Waals surface area contributed by atoms with Crippen molar-refractivity contribution in [3.8, 4) is 0 Å². The monoisotopic (exact) mass is 268 g/mol. The Morgan fingerprint density at radius 3 is 2.53 bits per heavy atom.